The largest absolute Gasteiger partial charge is 0.491 e. The van der Waals surface area contributed by atoms with Crippen molar-refractivity contribution in [2.24, 2.45) is 0 Å². The van der Waals surface area contributed by atoms with Crippen LogP contribution in [-0.2, 0) is 11.3 Å². The highest BCUT2D eigenvalue weighted by atomic mass is 19.1. The standard InChI is InChI=1S/C14H21BFNO3/c1-2-20-12-4-3-7-17(10-12)9-11-5-6-14(16)13(8-11)15(18)19/h5-6,8,12,18-19H,2-4,7,9-10H2,1H3. The van der Waals surface area contributed by atoms with Crippen LogP contribution in [-0.4, -0.2) is 47.9 Å². The molecule has 4 nitrogen and oxygen atoms in total. The summed E-state index contributed by atoms with van der Waals surface area (Å²) in [4.78, 5) is 2.25. The van der Waals surface area contributed by atoms with E-state index in [-0.39, 0.29) is 11.6 Å². The molecule has 0 saturated carbocycles. The second-order valence-corrected chi connectivity index (χ2v) is 5.18. The summed E-state index contributed by atoms with van der Waals surface area (Å²) >= 11 is 0. The first kappa shape index (κ1) is 15.4. The summed E-state index contributed by atoms with van der Waals surface area (Å²) in [6, 6.07) is 4.49. The second-order valence-electron chi connectivity index (χ2n) is 5.18. The van der Waals surface area contributed by atoms with E-state index < -0.39 is 12.9 Å². The lowest BCUT2D eigenvalue weighted by atomic mass is 9.79. The molecule has 0 amide bonds. The molecule has 1 aliphatic rings. The van der Waals surface area contributed by atoms with Crippen molar-refractivity contribution < 1.29 is 19.2 Å². The number of halogens is 1. The quantitative estimate of drug-likeness (QED) is 0.772. The summed E-state index contributed by atoms with van der Waals surface area (Å²) in [5.41, 5.74) is 0.813. The summed E-state index contributed by atoms with van der Waals surface area (Å²) in [6.07, 6.45) is 2.42. The second kappa shape index (κ2) is 7.17. The van der Waals surface area contributed by atoms with Crippen LogP contribution < -0.4 is 5.46 Å². The first-order valence-corrected chi connectivity index (χ1v) is 7.08. The molecule has 20 heavy (non-hydrogen) atoms. The number of likely N-dealkylation sites (tertiary alicyclic amines) is 1. The highest BCUT2D eigenvalue weighted by Crippen LogP contribution is 2.16. The molecule has 1 saturated heterocycles. The fourth-order valence-electron chi connectivity index (χ4n) is 2.68. The van der Waals surface area contributed by atoms with Gasteiger partial charge in [0.15, 0.2) is 0 Å². The van der Waals surface area contributed by atoms with Gasteiger partial charge in [0, 0.05) is 25.2 Å². The topological polar surface area (TPSA) is 52.9 Å². The fraction of sp³-hybridized carbons (Fsp3) is 0.571. The first-order chi connectivity index (χ1) is 9.60. The van der Waals surface area contributed by atoms with Gasteiger partial charge in [0.25, 0.3) is 0 Å². The molecule has 0 aliphatic carbocycles. The molecule has 6 heteroatoms. The monoisotopic (exact) mass is 281 g/mol. The number of rotatable bonds is 5. The molecule has 0 spiro atoms. The van der Waals surface area contributed by atoms with Gasteiger partial charge in [0.1, 0.15) is 5.82 Å². The Morgan fingerprint density at radius 3 is 2.95 bits per heavy atom. The number of ether oxygens (including phenoxy) is 1. The Kier molecular flexibility index (Phi) is 5.54. The summed E-state index contributed by atoms with van der Waals surface area (Å²) in [6.45, 7) is 5.23. The number of hydrogen-bond donors (Lipinski definition) is 2. The minimum absolute atomic E-state index is 0.0686. The van der Waals surface area contributed by atoms with Gasteiger partial charge in [0.2, 0.25) is 0 Å². The van der Waals surface area contributed by atoms with Crippen LogP contribution in [0.5, 0.6) is 0 Å². The third-order valence-electron chi connectivity index (χ3n) is 3.61. The van der Waals surface area contributed by atoms with Gasteiger partial charge in [-0.25, -0.2) is 4.39 Å². The van der Waals surface area contributed by atoms with E-state index in [2.05, 4.69) is 4.90 Å². The predicted octanol–water partition coefficient (Wildman–Crippen LogP) is 0.506. The molecular weight excluding hydrogens is 260 g/mol. The van der Waals surface area contributed by atoms with Crippen LogP contribution in [0.4, 0.5) is 4.39 Å². The average Bonchev–Trinajstić information content (AvgIpc) is 2.41. The van der Waals surface area contributed by atoms with Gasteiger partial charge >= 0.3 is 7.12 Å². The SMILES string of the molecule is CCOC1CCCN(Cc2ccc(F)c(B(O)O)c2)C1. The average molecular weight is 281 g/mol. The van der Waals surface area contributed by atoms with Gasteiger partial charge in [0.05, 0.1) is 6.10 Å². The minimum atomic E-state index is -1.77. The van der Waals surface area contributed by atoms with Crippen molar-refractivity contribution in [1.82, 2.24) is 4.90 Å². The lowest BCUT2D eigenvalue weighted by Gasteiger charge is -2.32. The highest BCUT2D eigenvalue weighted by Gasteiger charge is 2.21. The van der Waals surface area contributed by atoms with E-state index in [0.29, 0.717) is 6.54 Å². The normalized spacial score (nSPS) is 20.1. The van der Waals surface area contributed by atoms with E-state index in [1.54, 1.807) is 6.07 Å². The molecule has 110 valence electrons. The van der Waals surface area contributed by atoms with Crippen LogP contribution in [0.3, 0.4) is 0 Å². The predicted molar refractivity (Wildman–Crippen MR) is 76.2 cm³/mol. The number of benzene rings is 1. The van der Waals surface area contributed by atoms with Crippen molar-refractivity contribution >= 4 is 12.6 Å². The first-order valence-electron chi connectivity index (χ1n) is 7.08. The Hall–Kier alpha value is -0.945. The molecule has 1 unspecified atom stereocenters. The van der Waals surface area contributed by atoms with Crippen molar-refractivity contribution in [3.8, 4) is 0 Å². The molecule has 0 bridgehead atoms. The van der Waals surface area contributed by atoms with E-state index >= 15 is 0 Å². The zero-order valence-corrected chi connectivity index (χ0v) is 11.8. The zero-order chi connectivity index (χ0) is 14.5. The number of nitrogens with zero attached hydrogens (tertiary/aromatic N) is 1. The zero-order valence-electron chi connectivity index (χ0n) is 11.8. The molecule has 1 aromatic rings. The maximum absolute atomic E-state index is 13.4. The maximum Gasteiger partial charge on any atom is 0.491 e. The third kappa shape index (κ3) is 4.02. The van der Waals surface area contributed by atoms with Gasteiger partial charge in [-0.15, -0.1) is 0 Å². The van der Waals surface area contributed by atoms with Gasteiger partial charge in [-0.3, -0.25) is 4.90 Å². The van der Waals surface area contributed by atoms with E-state index in [1.807, 2.05) is 6.92 Å². The van der Waals surface area contributed by atoms with E-state index in [0.717, 1.165) is 38.1 Å². The molecule has 1 heterocycles. The molecule has 2 rings (SSSR count). The summed E-state index contributed by atoms with van der Waals surface area (Å²) in [5, 5.41) is 18.3. The Bertz CT molecular complexity index is 442. The number of piperidine rings is 1. The molecule has 0 radical (unpaired) electrons. The molecule has 1 aromatic carbocycles. The van der Waals surface area contributed by atoms with Gasteiger partial charge in [-0.1, -0.05) is 12.1 Å². The lowest BCUT2D eigenvalue weighted by molar-refractivity contribution is 0.00363. The molecule has 2 N–H and O–H groups in total. The van der Waals surface area contributed by atoms with Crippen molar-refractivity contribution in [3.63, 3.8) is 0 Å². The third-order valence-corrected chi connectivity index (χ3v) is 3.61. The lowest BCUT2D eigenvalue weighted by Crippen LogP contribution is -2.39. The molecule has 1 atom stereocenters. The molecular formula is C14H21BFNO3. The molecule has 0 aromatic heterocycles. The van der Waals surface area contributed by atoms with E-state index in [9.17, 15) is 4.39 Å². The Labute approximate surface area is 119 Å². The van der Waals surface area contributed by atoms with Crippen LogP contribution >= 0.6 is 0 Å². The van der Waals surface area contributed by atoms with Crippen molar-refractivity contribution in [3.05, 3.63) is 29.6 Å². The molecule has 1 fully saturated rings. The van der Waals surface area contributed by atoms with Crippen molar-refractivity contribution in [2.75, 3.05) is 19.7 Å². The van der Waals surface area contributed by atoms with Crippen LogP contribution in [0.1, 0.15) is 25.3 Å². The summed E-state index contributed by atoms with van der Waals surface area (Å²) in [7, 11) is -1.77. The number of hydrogen-bond acceptors (Lipinski definition) is 4. The minimum Gasteiger partial charge on any atom is -0.423 e. The molecule has 1 aliphatic heterocycles. The van der Waals surface area contributed by atoms with Gasteiger partial charge < -0.3 is 14.8 Å². The van der Waals surface area contributed by atoms with Crippen LogP contribution in [0.25, 0.3) is 0 Å². The fourth-order valence-corrected chi connectivity index (χ4v) is 2.68. The van der Waals surface area contributed by atoms with Crippen LogP contribution in [0.15, 0.2) is 18.2 Å². The van der Waals surface area contributed by atoms with E-state index in [1.165, 1.54) is 12.1 Å². The van der Waals surface area contributed by atoms with Crippen LogP contribution in [0.2, 0.25) is 0 Å². The van der Waals surface area contributed by atoms with Crippen molar-refractivity contribution in [2.45, 2.75) is 32.4 Å². The van der Waals surface area contributed by atoms with Gasteiger partial charge in [-0.2, -0.15) is 0 Å². The maximum atomic E-state index is 13.4. The van der Waals surface area contributed by atoms with E-state index in [4.69, 9.17) is 14.8 Å². The summed E-state index contributed by atoms with van der Waals surface area (Å²) in [5.74, 6) is -0.588. The smallest absolute Gasteiger partial charge is 0.423 e. The highest BCUT2D eigenvalue weighted by molar-refractivity contribution is 6.58. The van der Waals surface area contributed by atoms with Crippen molar-refractivity contribution in [1.29, 1.82) is 0 Å². The Morgan fingerprint density at radius 2 is 2.25 bits per heavy atom. The van der Waals surface area contributed by atoms with Crippen LogP contribution in [0, 0.1) is 5.82 Å². The Morgan fingerprint density at radius 1 is 1.45 bits per heavy atom. The Balaban J connectivity index is 2.00. The van der Waals surface area contributed by atoms with Gasteiger partial charge in [-0.05, 0) is 37.9 Å². The summed E-state index contributed by atoms with van der Waals surface area (Å²) < 4.78 is 19.1.